The van der Waals surface area contributed by atoms with Crippen molar-refractivity contribution in [2.75, 3.05) is 5.75 Å². The molecule has 0 aliphatic heterocycles. The highest BCUT2D eigenvalue weighted by molar-refractivity contribution is 7.99. The standard InChI is InChI=1S/C25H25N3O2S/c1-15-10-16(2)12-19(11-15)28-24(30)20-8-6-7-9-22(20)26-25(28)31-14-23(29)21-13-17(3)27(5)18(21)4/h6-13H,14H2,1-5H3. The van der Waals surface area contributed by atoms with Gasteiger partial charge in [-0.15, -0.1) is 0 Å². The Morgan fingerprint density at radius 2 is 1.68 bits per heavy atom. The van der Waals surface area contributed by atoms with E-state index in [1.165, 1.54) is 11.8 Å². The molecule has 0 fully saturated rings. The number of hydrogen-bond acceptors (Lipinski definition) is 4. The number of aryl methyl sites for hydroxylation is 3. The first kappa shape index (κ1) is 21.1. The molecule has 0 N–H and O–H groups in total. The molecule has 4 rings (SSSR count). The number of aromatic nitrogens is 3. The van der Waals surface area contributed by atoms with E-state index in [9.17, 15) is 9.59 Å². The lowest BCUT2D eigenvalue weighted by atomic mass is 10.1. The summed E-state index contributed by atoms with van der Waals surface area (Å²) in [4.78, 5) is 31.1. The third-order valence-corrected chi connectivity index (χ3v) is 6.56. The first-order chi connectivity index (χ1) is 14.8. The lowest BCUT2D eigenvalue weighted by Gasteiger charge is -2.14. The maximum atomic E-state index is 13.4. The molecule has 6 heteroatoms. The van der Waals surface area contributed by atoms with Crippen LogP contribution in [0.4, 0.5) is 0 Å². The smallest absolute Gasteiger partial charge is 0.266 e. The number of rotatable bonds is 5. The van der Waals surface area contributed by atoms with Crippen LogP contribution in [0, 0.1) is 27.7 Å². The zero-order valence-corrected chi connectivity index (χ0v) is 19.2. The second kappa shape index (κ2) is 8.19. The van der Waals surface area contributed by atoms with Crippen molar-refractivity contribution >= 4 is 28.4 Å². The van der Waals surface area contributed by atoms with Gasteiger partial charge in [0.25, 0.3) is 5.56 Å². The number of hydrogen-bond donors (Lipinski definition) is 0. The lowest BCUT2D eigenvalue weighted by molar-refractivity contribution is 0.102. The molecule has 0 aliphatic carbocycles. The second-order valence-electron chi connectivity index (χ2n) is 7.95. The Bertz CT molecular complexity index is 1360. The Hall–Kier alpha value is -3.12. The molecular weight excluding hydrogens is 406 g/mol. The Morgan fingerprint density at radius 1 is 1.00 bits per heavy atom. The summed E-state index contributed by atoms with van der Waals surface area (Å²) in [7, 11) is 1.96. The molecule has 0 spiro atoms. The van der Waals surface area contributed by atoms with Crippen LogP contribution in [-0.2, 0) is 7.05 Å². The number of ketones is 1. The van der Waals surface area contributed by atoms with E-state index in [4.69, 9.17) is 4.98 Å². The zero-order valence-electron chi connectivity index (χ0n) is 18.4. The van der Waals surface area contributed by atoms with E-state index in [1.54, 1.807) is 10.6 Å². The second-order valence-corrected chi connectivity index (χ2v) is 8.90. The average Bonchev–Trinajstić information content (AvgIpc) is 2.98. The topological polar surface area (TPSA) is 56.9 Å². The van der Waals surface area contributed by atoms with Crippen LogP contribution in [0.25, 0.3) is 16.6 Å². The molecule has 158 valence electrons. The van der Waals surface area contributed by atoms with Crippen molar-refractivity contribution in [3.63, 3.8) is 0 Å². The van der Waals surface area contributed by atoms with Crippen LogP contribution in [0.15, 0.2) is 58.5 Å². The normalized spacial score (nSPS) is 11.3. The van der Waals surface area contributed by atoms with Gasteiger partial charge in [0.05, 0.1) is 22.3 Å². The first-order valence-corrected chi connectivity index (χ1v) is 11.1. The van der Waals surface area contributed by atoms with Gasteiger partial charge in [-0.05, 0) is 69.2 Å². The van der Waals surface area contributed by atoms with Crippen molar-refractivity contribution in [1.82, 2.24) is 14.1 Å². The molecule has 0 bridgehead atoms. The van der Waals surface area contributed by atoms with Crippen molar-refractivity contribution in [2.24, 2.45) is 7.05 Å². The van der Waals surface area contributed by atoms with Gasteiger partial charge in [0, 0.05) is 24.0 Å². The summed E-state index contributed by atoms with van der Waals surface area (Å²) < 4.78 is 3.64. The maximum Gasteiger partial charge on any atom is 0.266 e. The quantitative estimate of drug-likeness (QED) is 0.255. The molecule has 0 unspecified atom stereocenters. The maximum absolute atomic E-state index is 13.4. The van der Waals surface area contributed by atoms with E-state index in [0.717, 1.165) is 28.2 Å². The number of Topliss-reactive ketones (excluding diaryl/α,β-unsaturated/α-hetero) is 1. The minimum absolute atomic E-state index is 0.0283. The fourth-order valence-electron chi connectivity index (χ4n) is 3.86. The monoisotopic (exact) mass is 431 g/mol. The summed E-state index contributed by atoms with van der Waals surface area (Å²) >= 11 is 1.30. The van der Waals surface area contributed by atoms with E-state index in [1.807, 2.05) is 75.7 Å². The van der Waals surface area contributed by atoms with Gasteiger partial charge in [0.15, 0.2) is 10.9 Å². The molecule has 0 saturated heterocycles. The van der Waals surface area contributed by atoms with Gasteiger partial charge in [-0.1, -0.05) is 30.0 Å². The largest absolute Gasteiger partial charge is 0.351 e. The molecule has 0 amide bonds. The minimum atomic E-state index is -0.128. The highest BCUT2D eigenvalue weighted by atomic mass is 32.2. The summed E-state index contributed by atoms with van der Waals surface area (Å²) in [5, 5.41) is 1.08. The van der Waals surface area contributed by atoms with Crippen LogP contribution >= 0.6 is 11.8 Å². The predicted molar refractivity (Wildman–Crippen MR) is 127 cm³/mol. The van der Waals surface area contributed by atoms with E-state index in [0.29, 0.717) is 21.6 Å². The Kier molecular flexibility index (Phi) is 5.58. The minimum Gasteiger partial charge on any atom is -0.351 e. The number of thioether (sulfide) groups is 1. The van der Waals surface area contributed by atoms with E-state index in [-0.39, 0.29) is 17.1 Å². The van der Waals surface area contributed by atoms with Crippen LogP contribution in [0.5, 0.6) is 0 Å². The van der Waals surface area contributed by atoms with E-state index in [2.05, 4.69) is 6.07 Å². The number of para-hydroxylation sites is 1. The molecule has 0 saturated carbocycles. The molecule has 31 heavy (non-hydrogen) atoms. The van der Waals surface area contributed by atoms with Crippen molar-refractivity contribution in [3.8, 4) is 5.69 Å². The first-order valence-electron chi connectivity index (χ1n) is 10.2. The summed E-state index contributed by atoms with van der Waals surface area (Å²) in [6, 6.07) is 15.3. The van der Waals surface area contributed by atoms with Crippen molar-refractivity contribution in [3.05, 3.63) is 87.0 Å². The molecular formula is C25H25N3O2S. The number of carbonyl (C=O) groups excluding carboxylic acids is 1. The van der Waals surface area contributed by atoms with Gasteiger partial charge < -0.3 is 4.57 Å². The van der Waals surface area contributed by atoms with Crippen molar-refractivity contribution in [2.45, 2.75) is 32.9 Å². The molecule has 0 radical (unpaired) electrons. The van der Waals surface area contributed by atoms with Crippen LogP contribution in [-0.4, -0.2) is 25.7 Å². The molecule has 4 aromatic rings. The fourth-order valence-corrected chi connectivity index (χ4v) is 4.76. The summed E-state index contributed by atoms with van der Waals surface area (Å²) in [5.41, 5.74) is 6.11. The molecule has 5 nitrogen and oxygen atoms in total. The third kappa shape index (κ3) is 3.95. The number of fused-ring (bicyclic) bond motifs is 1. The molecule has 0 atom stereocenters. The van der Waals surface area contributed by atoms with Crippen LogP contribution in [0.1, 0.15) is 32.9 Å². The predicted octanol–water partition coefficient (Wildman–Crippen LogP) is 4.93. The molecule has 2 heterocycles. The fraction of sp³-hybridized carbons (Fsp3) is 0.240. The van der Waals surface area contributed by atoms with Gasteiger partial charge >= 0.3 is 0 Å². The SMILES string of the molecule is Cc1cc(C)cc(-n2c(SCC(=O)c3cc(C)n(C)c3C)nc3ccccc3c2=O)c1. The average molecular weight is 432 g/mol. The highest BCUT2D eigenvalue weighted by Gasteiger charge is 2.18. The van der Waals surface area contributed by atoms with Gasteiger partial charge in [-0.2, -0.15) is 0 Å². The van der Waals surface area contributed by atoms with Crippen LogP contribution in [0.3, 0.4) is 0 Å². The van der Waals surface area contributed by atoms with Gasteiger partial charge in [-0.25, -0.2) is 4.98 Å². The summed E-state index contributed by atoms with van der Waals surface area (Å²) in [6.07, 6.45) is 0. The number of nitrogens with zero attached hydrogens (tertiary/aromatic N) is 3. The molecule has 0 aliphatic rings. The highest BCUT2D eigenvalue weighted by Crippen LogP contribution is 2.24. The number of benzene rings is 2. The Morgan fingerprint density at radius 3 is 2.32 bits per heavy atom. The van der Waals surface area contributed by atoms with E-state index >= 15 is 0 Å². The van der Waals surface area contributed by atoms with Gasteiger partial charge in [0.2, 0.25) is 0 Å². The third-order valence-electron chi connectivity index (χ3n) is 5.62. The van der Waals surface area contributed by atoms with Crippen molar-refractivity contribution < 1.29 is 4.79 Å². The van der Waals surface area contributed by atoms with Crippen LogP contribution in [0.2, 0.25) is 0 Å². The summed E-state index contributed by atoms with van der Waals surface area (Å²) in [6.45, 7) is 7.95. The van der Waals surface area contributed by atoms with Gasteiger partial charge in [0.1, 0.15) is 0 Å². The lowest BCUT2D eigenvalue weighted by Crippen LogP contribution is -2.22. The summed E-state index contributed by atoms with van der Waals surface area (Å²) in [5.74, 6) is 0.237. The Balaban J connectivity index is 1.80. The van der Waals surface area contributed by atoms with E-state index < -0.39 is 0 Å². The van der Waals surface area contributed by atoms with Gasteiger partial charge in [-0.3, -0.25) is 14.2 Å². The Labute approximate surface area is 185 Å². The molecule has 2 aromatic heterocycles. The molecule has 2 aromatic carbocycles. The number of carbonyl (C=O) groups is 1. The van der Waals surface area contributed by atoms with Crippen molar-refractivity contribution in [1.29, 1.82) is 0 Å². The van der Waals surface area contributed by atoms with Crippen LogP contribution < -0.4 is 5.56 Å². The zero-order chi connectivity index (χ0) is 22.3.